The highest BCUT2D eigenvalue weighted by atomic mass is 16.5. The van der Waals surface area contributed by atoms with Crippen molar-refractivity contribution in [2.24, 2.45) is 0 Å². The maximum absolute atomic E-state index is 6.07. The van der Waals surface area contributed by atoms with E-state index in [9.17, 15) is 0 Å². The fourth-order valence-electron chi connectivity index (χ4n) is 4.74. The van der Waals surface area contributed by atoms with Crippen LogP contribution >= 0.6 is 0 Å². The highest BCUT2D eigenvalue weighted by molar-refractivity contribution is 5.44. The van der Waals surface area contributed by atoms with Gasteiger partial charge in [-0.2, -0.15) is 0 Å². The Bertz CT molecular complexity index is 1020. The summed E-state index contributed by atoms with van der Waals surface area (Å²) < 4.78 is 11.6. The number of aromatic nitrogens is 2. The summed E-state index contributed by atoms with van der Waals surface area (Å²) in [6, 6.07) is 19.6. The van der Waals surface area contributed by atoms with Crippen LogP contribution < -0.4 is 9.64 Å². The van der Waals surface area contributed by atoms with Crippen LogP contribution in [0, 0.1) is 6.92 Å². The van der Waals surface area contributed by atoms with Gasteiger partial charge in [0.25, 0.3) is 0 Å². The number of aryl methyl sites for hydroxylation is 1. The van der Waals surface area contributed by atoms with E-state index in [-0.39, 0.29) is 5.41 Å². The minimum atomic E-state index is 0.157. The van der Waals surface area contributed by atoms with Crippen LogP contribution in [-0.2, 0) is 16.8 Å². The van der Waals surface area contributed by atoms with Crippen LogP contribution in [0.1, 0.15) is 48.1 Å². The predicted molar refractivity (Wildman–Crippen MR) is 126 cm³/mol. The van der Waals surface area contributed by atoms with Crippen LogP contribution in [0.25, 0.3) is 0 Å². The van der Waals surface area contributed by atoms with E-state index in [1.54, 1.807) is 0 Å². The molecule has 2 fully saturated rings. The van der Waals surface area contributed by atoms with Gasteiger partial charge in [-0.1, -0.05) is 48.4 Å². The van der Waals surface area contributed by atoms with E-state index in [0.29, 0.717) is 6.61 Å². The van der Waals surface area contributed by atoms with Crippen molar-refractivity contribution < 1.29 is 9.47 Å². The van der Waals surface area contributed by atoms with Gasteiger partial charge in [-0.3, -0.25) is 0 Å². The summed E-state index contributed by atoms with van der Waals surface area (Å²) in [5, 5.41) is 0. The first kappa shape index (κ1) is 21.0. The summed E-state index contributed by atoms with van der Waals surface area (Å²) >= 11 is 0. The zero-order valence-electron chi connectivity index (χ0n) is 18.8. The van der Waals surface area contributed by atoms with Gasteiger partial charge in [0.05, 0.1) is 12.3 Å². The molecule has 1 saturated carbocycles. The maximum Gasteiger partial charge on any atom is 0.225 e. The molecule has 166 valence electrons. The molecule has 2 aliphatic rings. The van der Waals surface area contributed by atoms with Gasteiger partial charge >= 0.3 is 0 Å². The molecule has 0 bridgehead atoms. The molecule has 5 rings (SSSR count). The molecule has 1 aliphatic heterocycles. The van der Waals surface area contributed by atoms with E-state index in [2.05, 4.69) is 65.3 Å². The van der Waals surface area contributed by atoms with Crippen molar-refractivity contribution in [3.63, 3.8) is 0 Å². The van der Waals surface area contributed by atoms with Crippen molar-refractivity contribution in [1.29, 1.82) is 0 Å². The lowest BCUT2D eigenvalue weighted by Gasteiger charge is -2.43. The van der Waals surface area contributed by atoms with Gasteiger partial charge in [-0.25, -0.2) is 9.97 Å². The SMILES string of the molecule is Cc1ccc(C2(c3ccc(OCc4ccnc(N5CCCOCC5)n4)cc3)CCC2)cc1. The summed E-state index contributed by atoms with van der Waals surface area (Å²) in [5.41, 5.74) is 5.16. The Morgan fingerprint density at radius 1 is 0.906 bits per heavy atom. The van der Waals surface area contributed by atoms with Crippen molar-refractivity contribution in [3.05, 3.63) is 83.2 Å². The van der Waals surface area contributed by atoms with Crippen molar-refractivity contribution in [2.75, 3.05) is 31.2 Å². The van der Waals surface area contributed by atoms with Crippen molar-refractivity contribution in [3.8, 4) is 5.75 Å². The predicted octanol–water partition coefficient (Wildman–Crippen LogP) is 5.06. The molecule has 3 aromatic rings. The Hall–Kier alpha value is -2.92. The lowest BCUT2D eigenvalue weighted by molar-refractivity contribution is 0.152. The number of hydrogen-bond donors (Lipinski definition) is 0. The van der Waals surface area contributed by atoms with Crippen LogP contribution in [0.15, 0.2) is 60.8 Å². The van der Waals surface area contributed by atoms with Crippen molar-refractivity contribution >= 4 is 5.95 Å². The first-order chi connectivity index (χ1) is 15.7. The third-order valence-corrected chi connectivity index (χ3v) is 6.81. The average Bonchev–Trinajstić information content (AvgIpc) is 3.09. The molecular weight excluding hydrogens is 398 g/mol. The lowest BCUT2D eigenvalue weighted by Crippen LogP contribution is -2.35. The molecule has 2 aromatic carbocycles. The molecule has 0 amide bonds. The number of benzene rings is 2. The second-order valence-electron chi connectivity index (χ2n) is 8.92. The minimum Gasteiger partial charge on any atom is -0.487 e. The minimum absolute atomic E-state index is 0.157. The van der Waals surface area contributed by atoms with E-state index in [4.69, 9.17) is 14.5 Å². The quantitative estimate of drug-likeness (QED) is 0.548. The Morgan fingerprint density at radius 3 is 2.38 bits per heavy atom. The zero-order valence-corrected chi connectivity index (χ0v) is 18.8. The molecule has 0 unspecified atom stereocenters. The monoisotopic (exact) mass is 429 g/mol. The maximum atomic E-state index is 6.07. The smallest absolute Gasteiger partial charge is 0.225 e. The zero-order chi connectivity index (χ0) is 21.8. The van der Waals surface area contributed by atoms with Crippen LogP contribution in [0.2, 0.25) is 0 Å². The van der Waals surface area contributed by atoms with Gasteiger partial charge in [0.15, 0.2) is 0 Å². The van der Waals surface area contributed by atoms with Crippen LogP contribution in [0.5, 0.6) is 5.75 Å². The molecule has 5 nitrogen and oxygen atoms in total. The van der Waals surface area contributed by atoms with Gasteiger partial charge in [-0.15, -0.1) is 0 Å². The molecule has 5 heteroatoms. The highest BCUT2D eigenvalue weighted by Crippen LogP contribution is 2.49. The molecule has 2 heterocycles. The van der Waals surface area contributed by atoms with Crippen molar-refractivity contribution in [2.45, 2.75) is 44.6 Å². The second kappa shape index (κ2) is 9.29. The number of hydrogen-bond acceptors (Lipinski definition) is 5. The van der Waals surface area contributed by atoms with E-state index in [0.717, 1.165) is 50.1 Å². The first-order valence-corrected chi connectivity index (χ1v) is 11.7. The molecule has 0 N–H and O–H groups in total. The summed E-state index contributed by atoms with van der Waals surface area (Å²) in [7, 11) is 0. The fraction of sp³-hybridized carbons (Fsp3) is 0.407. The van der Waals surface area contributed by atoms with Crippen LogP contribution in [0.3, 0.4) is 0 Å². The topological polar surface area (TPSA) is 47.5 Å². The molecule has 0 radical (unpaired) electrons. The Morgan fingerprint density at radius 2 is 1.66 bits per heavy atom. The highest BCUT2D eigenvalue weighted by Gasteiger charge is 2.40. The van der Waals surface area contributed by atoms with Crippen LogP contribution in [0.4, 0.5) is 5.95 Å². The van der Waals surface area contributed by atoms with Gasteiger partial charge in [0.2, 0.25) is 5.95 Å². The number of nitrogens with zero attached hydrogens (tertiary/aromatic N) is 3. The third kappa shape index (κ3) is 4.35. The lowest BCUT2D eigenvalue weighted by atomic mass is 9.60. The molecule has 1 saturated heterocycles. The molecule has 32 heavy (non-hydrogen) atoms. The summed E-state index contributed by atoms with van der Waals surface area (Å²) in [6.45, 7) is 5.86. The average molecular weight is 430 g/mol. The molecular formula is C27H31N3O2. The molecule has 0 spiro atoms. The molecule has 0 atom stereocenters. The molecule has 1 aromatic heterocycles. The van der Waals surface area contributed by atoms with E-state index < -0.39 is 0 Å². The van der Waals surface area contributed by atoms with E-state index in [1.165, 1.54) is 36.0 Å². The second-order valence-corrected chi connectivity index (χ2v) is 8.92. The summed E-state index contributed by atoms with van der Waals surface area (Å²) in [6.07, 6.45) is 6.52. The summed E-state index contributed by atoms with van der Waals surface area (Å²) in [5.74, 6) is 1.63. The molecule has 1 aliphatic carbocycles. The van der Waals surface area contributed by atoms with Gasteiger partial charge in [-0.05, 0) is 55.5 Å². The Labute approximate surface area is 190 Å². The first-order valence-electron chi connectivity index (χ1n) is 11.7. The van der Waals surface area contributed by atoms with Crippen molar-refractivity contribution in [1.82, 2.24) is 9.97 Å². The largest absolute Gasteiger partial charge is 0.487 e. The fourth-order valence-corrected chi connectivity index (χ4v) is 4.74. The number of rotatable bonds is 6. The number of anilines is 1. The normalized spacial score (nSPS) is 18.0. The van der Waals surface area contributed by atoms with Gasteiger partial charge < -0.3 is 14.4 Å². The number of ether oxygens (including phenoxy) is 2. The Balaban J connectivity index is 1.25. The summed E-state index contributed by atoms with van der Waals surface area (Å²) in [4.78, 5) is 11.4. The third-order valence-electron chi connectivity index (χ3n) is 6.81. The standard InChI is InChI=1S/C27H31N3O2/c1-21-4-6-22(7-5-21)27(13-2-14-27)23-8-10-25(11-9-23)32-20-24-12-15-28-26(29-24)30-16-3-18-31-19-17-30/h4-12,15H,2-3,13-14,16-20H2,1H3. The van der Waals surface area contributed by atoms with E-state index >= 15 is 0 Å². The van der Waals surface area contributed by atoms with E-state index in [1.807, 2.05) is 12.3 Å². The Kier molecular flexibility index (Phi) is 6.08. The van der Waals surface area contributed by atoms with Gasteiger partial charge in [0, 0.05) is 31.3 Å². The van der Waals surface area contributed by atoms with Gasteiger partial charge in [0.1, 0.15) is 12.4 Å². The van der Waals surface area contributed by atoms with Crippen LogP contribution in [-0.4, -0.2) is 36.3 Å².